The van der Waals surface area contributed by atoms with Gasteiger partial charge < -0.3 is 24.2 Å². The molecular formula is C22H29N3O5. The van der Waals surface area contributed by atoms with Crippen LogP contribution in [-0.4, -0.2) is 85.4 Å². The summed E-state index contributed by atoms with van der Waals surface area (Å²) in [6, 6.07) is 7.07. The van der Waals surface area contributed by atoms with Crippen molar-refractivity contribution in [1.82, 2.24) is 14.7 Å². The van der Waals surface area contributed by atoms with E-state index in [4.69, 9.17) is 9.47 Å². The third kappa shape index (κ3) is 3.70. The maximum absolute atomic E-state index is 13.4. The zero-order chi connectivity index (χ0) is 21.3. The summed E-state index contributed by atoms with van der Waals surface area (Å²) in [6.45, 7) is 4.74. The Hall–Kier alpha value is -2.77. The van der Waals surface area contributed by atoms with Crippen LogP contribution >= 0.6 is 0 Å². The van der Waals surface area contributed by atoms with Gasteiger partial charge >= 0.3 is 0 Å². The van der Waals surface area contributed by atoms with Crippen LogP contribution in [0.4, 0.5) is 0 Å². The number of amides is 3. The molecular weight excluding hydrogens is 386 g/mol. The van der Waals surface area contributed by atoms with Crippen molar-refractivity contribution in [3.8, 4) is 11.5 Å². The first-order chi connectivity index (χ1) is 14.4. The number of carbonyl (C=O) groups excluding carboxylic acids is 3. The lowest BCUT2D eigenvalue weighted by atomic mass is 9.79. The Labute approximate surface area is 176 Å². The fraction of sp³-hybridized carbons (Fsp3) is 0.591. The van der Waals surface area contributed by atoms with Crippen LogP contribution in [0.2, 0.25) is 0 Å². The molecule has 1 aromatic carbocycles. The van der Waals surface area contributed by atoms with E-state index in [1.54, 1.807) is 48.1 Å². The maximum Gasteiger partial charge on any atom is 0.260 e. The van der Waals surface area contributed by atoms with E-state index in [9.17, 15) is 14.4 Å². The summed E-state index contributed by atoms with van der Waals surface area (Å²) in [5, 5.41) is 0. The second-order valence-corrected chi connectivity index (χ2v) is 8.49. The first kappa shape index (κ1) is 20.5. The highest BCUT2D eigenvalue weighted by atomic mass is 16.5. The smallest absolute Gasteiger partial charge is 0.260 e. The molecule has 3 saturated heterocycles. The van der Waals surface area contributed by atoms with Gasteiger partial charge in [0, 0.05) is 52.1 Å². The predicted octanol–water partition coefficient (Wildman–Crippen LogP) is 1.00. The van der Waals surface area contributed by atoms with Crippen LogP contribution in [0.3, 0.4) is 0 Å². The van der Waals surface area contributed by atoms with Gasteiger partial charge in [0.25, 0.3) is 5.91 Å². The van der Waals surface area contributed by atoms with E-state index in [0.29, 0.717) is 31.9 Å². The molecule has 162 valence electrons. The summed E-state index contributed by atoms with van der Waals surface area (Å²) in [5.74, 6) is 1.23. The molecule has 4 rings (SSSR count). The third-order valence-corrected chi connectivity index (χ3v) is 6.65. The zero-order valence-electron chi connectivity index (χ0n) is 17.6. The molecule has 0 spiro atoms. The topological polar surface area (TPSA) is 79.4 Å². The van der Waals surface area contributed by atoms with Crippen LogP contribution in [0, 0.1) is 11.3 Å². The Morgan fingerprint density at radius 2 is 1.57 bits per heavy atom. The highest BCUT2D eigenvalue weighted by molar-refractivity contribution is 5.88. The molecule has 0 bridgehead atoms. The molecule has 0 unspecified atom stereocenters. The Morgan fingerprint density at radius 3 is 2.20 bits per heavy atom. The van der Waals surface area contributed by atoms with Gasteiger partial charge in [-0.25, -0.2) is 0 Å². The minimum Gasteiger partial charge on any atom is -0.497 e. The van der Waals surface area contributed by atoms with E-state index in [1.165, 1.54) is 0 Å². The molecule has 0 aromatic heterocycles. The summed E-state index contributed by atoms with van der Waals surface area (Å²) in [6.07, 6.45) is 2.03. The Balaban J connectivity index is 1.44. The molecule has 8 nitrogen and oxygen atoms in total. The van der Waals surface area contributed by atoms with Crippen LogP contribution in [0.5, 0.6) is 11.5 Å². The van der Waals surface area contributed by atoms with Crippen molar-refractivity contribution in [2.45, 2.75) is 19.8 Å². The standard InChI is InChI=1S/C22H29N3O5/c1-16(26)24-11-17-12-25(15-22(17,14-24)21(28)23-9-3-4-10-23)20(27)13-30-19-7-5-18(29-2)6-8-19/h5-8,17H,3-4,9-15H2,1-2H3/t17-,22-/m0/s1. The van der Waals surface area contributed by atoms with Crippen molar-refractivity contribution in [3.63, 3.8) is 0 Å². The first-order valence-electron chi connectivity index (χ1n) is 10.5. The number of ether oxygens (including phenoxy) is 2. The predicted molar refractivity (Wildman–Crippen MR) is 109 cm³/mol. The molecule has 0 saturated carbocycles. The average Bonchev–Trinajstić information content (AvgIpc) is 3.46. The van der Waals surface area contributed by atoms with Crippen LogP contribution < -0.4 is 9.47 Å². The number of benzene rings is 1. The summed E-state index contributed by atoms with van der Waals surface area (Å²) in [5.41, 5.74) is -0.689. The fourth-order valence-corrected chi connectivity index (χ4v) is 4.94. The number of carbonyl (C=O) groups is 3. The van der Waals surface area contributed by atoms with Gasteiger partial charge in [0.15, 0.2) is 6.61 Å². The summed E-state index contributed by atoms with van der Waals surface area (Å²) in [4.78, 5) is 43.7. The molecule has 2 atom stereocenters. The van der Waals surface area contributed by atoms with Crippen LogP contribution in [0.25, 0.3) is 0 Å². The van der Waals surface area contributed by atoms with Gasteiger partial charge in [-0.1, -0.05) is 0 Å². The number of methoxy groups -OCH3 is 1. The first-order valence-corrected chi connectivity index (χ1v) is 10.5. The van der Waals surface area contributed by atoms with E-state index in [1.807, 2.05) is 4.90 Å². The van der Waals surface area contributed by atoms with Gasteiger partial charge in [-0.3, -0.25) is 14.4 Å². The molecule has 3 aliphatic rings. The van der Waals surface area contributed by atoms with Crippen molar-refractivity contribution in [2.24, 2.45) is 11.3 Å². The van der Waals surface area contributed by atoms with Gasteiger partial charge in [0.05, 0.1) is 12.5 Å². The van der Waals surface area contributed by atoms with E-state index < -0.39 is 5.41 Å². The molecule has 3 amide bonds. The fourth-order valence-electron chi connectivity index (χ4n) is 4.94. The normalized spacial score (nSPS) is 25.4. The molecule has 3 aliphatic heterocycles. The molecule has 3 heterocycles. The minimum absolute atomic E-state index is 0.0151. The van der Waals surface area contributed by atoms with E-state index in [-0.39, 0.29) is 30.2 Å². The lowest BCUT2D eigenvalue weighted by Crippen LogP contribution is -2.49. The lowest BCUT2D eigenvalue weighted by molar-refractivity contribution is -0.142. The van der Waals surface area contributed by atoms with Crippen molar-refractivity contribution in [3.05, 3.63) is 24.3 Å². The molecule has 8 heteroatoms. The molecule has 0 aliphatic carbocycles. The molecule has 1 aromatic rings. The number of hydrogen-bond acceptors (Lipinski definition) is 5. The average molecular weight is 415 g/mol. The highest BCUT2D eigenvalue weighted by Gasteiger charge is 2.59. The van der Waals surface area contributed by atoms with Crippen molar-refractivity contribution in [2.75, 3.05) is 53.0 Å². The number of fused-ring (bicyclic) bond motifs is 1. The quantitative estimate of drug-likeness (QED) is 0.717. The summed E-state index contributed by atoms with van der Waals surface area (Å²) in [7, 11) is 1.59. The second-order valence-electron chi connectivity index (χ2n) is 8.49. The van der Waals surface area contributed by atoms with E-state index in [0.717, 1.165) is 31.7 Å². The van der Waals surface area contributed by atoms with E-state index in [2.05, 4.69) is 0 Å². The summed E-state index contributed by atoms with van der Waals surface area (Å²) < 4.78 is 10.8. The number of nitrogens with zero attached hydrogens (tertiary/aromatic N) is 3. The monoisotopic (exact) mass is 415 g/mol. The van der Waals surface area contributed by atoms with Crippen LogP contribution in [0.15, 0.2) is 24.3 Å². The molecule has 3 fully saturated rings. The number of hydrogen-bond donors (Lipinski definition) is 0. The largest absolute Gasteiger partial charge is 0.497 e. The molecule has 0 N–H and O–H groups in total. The van der Waals surface area contributed by atoms with E-state index >= 15 is 0 Å². The molecule has 30 heavy (non-hydrogen) atoms. The Bertz CT molecular complexity index is 821. The zero-order valence-corrected chi connectivity index (χ0v) is 17.6. The third-order valence-electron chi connectivity index (χ3n) is 6.65. The van der Waals surface area contributed by atoms with Gasteiger partial charge in [0.2, 0.25) is 11.8 Å². The SMILES string of the molecule is COc1ccc(OCC(=O)N2C[C@@H]3CN(C(C)=O)C[C@]3(C(=O)N3CCCC3)C2)cc1. The number of likely N-dealkylation sites (tertiary alicyclic amines) is 3. The number of rotatable bonds is 5. The van der Waals surface area contributed by atoms with Crippen molar-refractivity contribution in [1.29, 1.82) is 0 Å². The Kier molecular flexibility index (Phi) is 5.58. The lowest BCUT2D eigenvalue weighted by Gasteiger charge is -2.32. The van der Waals surface area contributed by atoms with Crippen LogP contribution in [0.1, 0.15) is 19.8 Å². The van der Waals surface area contributed by atoms with Gasteiger partial charge in [0.1, 0.15) is 11.5 Å². The van der Waals surface area contributed by atoms with Crippen LogP contribution in [-0.2, 0) is 14.4 Å². The Morgan fingerprint density at radius 1 is 0.967 bits per heavy atom. The summed E-state index contributed by atoms with van der Waals surface area (Å²) >= 11 is 0. The molecule has 0 radical (unpaired) electrons. The maximum atomic E-state index is 13.4. The van der Waals surface area contributed by atoms with Gasteiger partial charge in [-0.15, -0.1) is 0 Å². The second kappa shape index (κ2) is 8.16. The minimum atomic E-state index is -0.689. The van der Waals surface area contributed by atoms with Crippen molar-refractivity contribution < 1.29 is 23.9 Å². The highest BCUT2D eigenvalue weighted by Crippen LogP contribution is 2.44. The van der Waals surface area contributed by atoms with Gasteiger partial charge in [-0.05, 0) is 37.1 Å². The van der Waals surface area contributed by atoms with Crippen molar-refractivity contribution >= 4 is 17.7 Å². The van der Waals surface area contributed by atoms with Gasteiger partial charge in [-0.2, -0.15) is 0 Å².